The Morgan fingerprint density at radius 1 is 1.25 bits per heavy atom. The number of nitrogens with one attached hydrogen (secondary N) is 1. The van der Waals surface area contributed by atoms with E-state index in [1.165, 1.54) is 24.0 Å². The zero-order chi connectivity index (χ0) is 23.5. The van der Waals surface area contributed by atoms with E-state index in [0.29, 0.717) is 29.9 Å². The van der Waals surface area contributed by atoms with Crippen molar-refractivity contribution in [3.63, 3.8) is 0 Å². The summed E-state index contributed by atoms with van der Waals surface area (Å²) in [6.45, 7) is 1.98. The third-order valence-electron chi connectivity index (χ3n) is 5.16. The zero-order valence-corrected chi connectivity index (χ0v) is 17.4. The molecule has 0 aromatic heterocycles. The van der Waals surface area contributed by atoms with Gasteiger partial charge >= 0.3 is 6.18 Å². The number of aliphatic hydroxyl groups is 1. The summed E-state index contributed by atoms with van der Waals surface area (Å²) in [5.41, 5.74) is 5.60. The molecule has 3 rings (SSSR count). The minimum atomic E-state index is -4.41. The predicted molar refractivity (Wildman–Crippen MR) is 115 cm³/mol. The Balaban J connectivity index is 1.73. The lowest BCUT2D eigenvalue weighted by molar-refractivity contribution is -0.137. The van der Waals surface area contributed by atoms with Crippen molar-refractivity contribution in [2.45, 2.75) is 25.1 Å². The van der Waals surface area contributed by atoms with E-state index < -0.39 is 17.3 Å². The molecule has 2 aromatic carbocycles. The number of nitrogens with zero attached hydrogens (tertiary/aromatic N) is 3. The maximum atomic E-state index is 12.8. The Morgan fingerprint density at radius 3 is 2.50 bits per heavy atom. The van der Waals surface area contributed by atoms with Crippen molar-refractivity contribution in [2.75, 3.05) is 25.0 Å². The highest BCUT2D eigenvalue weighted by Crippen LogP contribution is 2.31. The smallest absolute Gasteiger partial charge is 0.386 e. The number of hydrazone groups is 1. The highest BCUT2D eigenvalue weighted by Gasteiger charge is 2.38. The molecule has 1 heterocycles. The largest absolute Gasteiger partial charge is 0.416 e. The molecule has 11 heteroatoms. The molecule has 0 spiro atoms. The molecule has 8 nitrogen and oxygen atoms in total. The van der Waals surface area contributed by atoms with E-state index >= 15 is 0 Å². The number of nitrogens with two attached hydrogens (primary N) is 2. The first kappa shape index (κ1) is 23.4. The molecule has 0 aliphatic carbocycles. The number of β-amino-alcohol motifs (C(OH)–C–C–N with tert-alkyl or cyclic N) is 1. The van der Waals surface area contributed by atoms with Gasteiger partial charge in [-0.25, -0.2) is 11.0 Å². The van der Waals surface area contributed by atoms with Gasteiger partial charge in [0.2, 0.25) is 5.91 Å². The van der Waals surface area contributed by atoms with Gasteiger partial charge in [-0.05, 0) is 42.8 Å². The summed E-state index contributed by atoms with van der Waals surface area (Å²) in [4.78, 5) is 13.0. The molecular weight excluding hydrogens is 425 g/mol. The van der Waals surface area contributed by atoms with E-state index in [2.05, 4.69) is 10.4 Å². The first-order valence-corrected chi connectivity index (χ1v) is 9.85. The van der Waals surface area contributed by atoms with Crippen LogP contribution in [0.4, 0.5) is 24.5 Å². The maximum absolute atomic E-state index is 12.8. The first-order chi connectivity index (χ1) is 15.0. The van der Waals surface area contributed by atoms with E-state index in [1.54, 1.807) is 24.3 Å². The van der Waals surface area contributed by atoms with Crippen molar-refractivity contribution in [3.05, 3.63) is 59.7 Å². The van der Waals surface area contributed by atoms with Crippen LogP contribution in [0.25, 0.3) is 0 Å². The van der Waals surface area contributed by atoms with Crippen LogP contribution in [-0.2, 0) is 11.0 Å². The molecule has 1 fully saturated rings. The van der Waals surface area contributed by atoms with Crippen molar-refractivity contribution < 1.29 is 23.1 Å². The second kappa shape index (κ2) is 9.05. The van der Waals surface area contributed by atoms with Crippen molar-refractivity contribution in [1.29, 1.82) is 0 Å². The molecule has 172 valence electrons. The van der Waals surface area contributed by atoms with Crippen LogP contribution in [0.3, 0.4) is 0 Å². The Labute approximate surface area is 183 Å². The summed E-state index contributed by atoms with van der Waals surface area (Å²) in [6, 6.07) is 11.4. The number of amides is 1. The van der Waals surface area contributed by atoms with Crippen molar-refractivity contribution >= 4 is 23.1 Å². The van der Waals surface area contributed by atoms with Gasteiger partial charge in [-0.15, -0.1) is 5.10 Å². The summed E-state index contributed by atoms with van der Waals surface area (Å²) in [5.74, 6) is 5.85. The van der Waals surface area contributed by atoms with Gasteiger partial charge in [0.15, 0.2) is 5.84 Å². The van der Waals surface area contributed by atoms with Gasteiger partial charge in [-0.2, -0.15) is 13.2 Å². The number of carbonyl (C=O) groups is 1. The summed E-state index contributed by atoms with van der Waals surface area (Å²) < 4.78 is 38.3. The fraction of sp³-hybridized carbons (Fsp3) is 0.333. The molecule has 0 radical (unpaired) electrons. The third kappa shape index (κ3) is 5.68. The molecule has 1 unspecified atom stereocenters. The Kier molecular flexibility index (Phi) is 6.60. The Bertz CT molecular complexity index is 996. The number of hydrazine groups is 1. The quantitative estimate of drug-likeness (QED) is 0.232. The van der Waals surface area contributed by atoms with Crippen LogP contribution in [-0.4, -0.2) is 52.1 Å². The second-order valence-corrected chi connectivity index (χ2v) is 7.74. The molecule has 1 saturated heterocycles. The summed E-state index contributed by atoms with van der Waals surface area (Å²) in [5, 5.41) is 18.8. The molecular formula is C21H25F3N6O2. The van der Waals surface area contributed by atoms with Gasteiger partial charge in [0.25, 0.3) is 0 Å². The number of rotatable bonds is 6. The van der Waals surface area contributed by atoms with Gasteiger partial charge in [-0.3, -0.25) is 4.79 Å². The number of anilines is 2. The van der Waals surface area contributed by atoms with Crippen LogP contribution in [0.2, 0.25) is 0 Å². The standard InChI is InChI=1S/C21H25F3N6O2/c1-14(31)29-11-10-20(32,12-29)13-30(26)28-19(25)17-4-2-3-5-18(17)27-16-8-6-15(7-9-16)21(22,23)24/h2-9,27,32H,10-13,26H2,1H3,(H2,25,28). The summed E-state index contributed by atoms with van der Waals surface area (Å²) in [6.07, 6.45) is -4.05. The number of carbonyl (C=O) groups excluding carboxylic acids is 1. The monoisotopic (exact) mass is 450 g/mol. The SMILES string of the molecule is CC(=O)N1CCC(O)(CN(N)/N=C(\N)c2ccccc2Nc2ccc(C(F)(F)F)cc2)C1. The van der Waals surface area contributed by atoms with Crippen LogP contribution in [0.5, 0.6) is 0 Å². The summed E-state index contributed by atoms with van der Waals surface area (Å²) in [7, 11) is 0. The van der Waals surface area contributed by atoms with E-state index in [1.807, 2.05) is 0 Å². The number of hydrogen-bond acceptors (Lipinski definition) is 6. The van der Waals surface area contributed by atoms with Gasteiger partial charge < -0.3 is 21.1 Å². The van der Waals surface area contributed by atoms with E-state index in [-0.39, 0.29) is 24.8 Å². The molecule has 1 atom stereocenters. The zero-order valence-electron chi connectivity index (χ0n) is 17.4. The van der Waals surface area contributed by atoms with Gasteiger partial charge in [0.05, 0.1) is 18.7 Å². The Hall–Kier alpha value is -3.31. The topological polar surface area (TPSA) is 120 Å². The molecule has 6 N–H and O–H groups in total. The Morgan fingerprint density at radius 2 is 1.91 bits per heavy atom. The average Bonchev–Trinajstić information content (AvgIpc) is 3.10. The van der Waals surface area contributed by atoms with Gasteiger partial charge in [0.1, 0.15) is 5.60 Å². The number of hydrogen-bond donors (Lipinski definition) is 4. The maximum Gasteiger partial charge on any atom is 0.416 e. The normalized spacial score (nSPS) is 19.2. The molecule has 1 aliphatic rings. The van der Waals surface area contributed by atoms with Gasteiger partial charge in [0, 0.05) is 30.4 Å². The van der Waals surface area contributed by atoms with E-state index in [4.69, 9.17) is 11.6 Å². The van der Waals surface area contributed by atoms with Crippen LogP contribution < -0.4 is 16.9 Å². The number of alkyl halides is 3. The van der Waals surface area contributed by atoms with E-state index in [0.717, 1.165) is 17.3 Å². The highest BCUT2D eigenvalue weighted by molar-refractivity contribution is 6.02. The fourth-order valence-corrected chi connectivity index (χ4v) is 3.50. The highest BCUT2D eigenvalue weighted by atomic mass is 19.4. The number of likely N-dealkylation sites (tertiary alicyclic amines) is 1. The summed E-state index contributed by atoms with van der Waals surface area (Å²) >= 11 is 0. The van der Waals surface area contributed by atoms with Crippen molar-refractivity contribution in [1.82, 2.24) is 10.0 Å². The second-order valence-electron chi connectivity index (χ2n) is 7.74. The number of amidine groups is 1. The van der Waals surface area contributed by atoms with E-state index in [9.17, 15) is 23.1 Å². The molecule has 0 saturated carbocycles. The van der Waals surface area contributed by atoms with Gasteiger partial charge in [-0.1, -0.05) is 12.1 Å². The van der Waals surface area contributed by atoms with Crippen molar-refractivity contribution in [2.24, 2.45) is 16.7 Å². The third-order valence-corrected chi connectivity index (χ3v) is 5.16. The molecule has 1 amide bonds. The van der Waals surface area contributed by atoms with Crippen LogP contribution in [0.1, 0.15) is 24.5 Å². The first-order valence-electron chi connectivity index (χ1n) is 9.85. The van der Waals surface area contributed by atoms with Crippen LogP contribution >= 0.6 is 0 Å². The minimum Gasteiger partial charge on any atom is -0.386 e. The molecule has 2 aromatic rings. The minimum absolute atomic E-state index is 0.0357. The van der Waals surface area contributed by atoms with Crippen LogP contribution in [0.15, 0.2) is 53.6 Å². The number of benzene rings is 2. The van der Waals surface area contributed by atoms with Crippen LogP contribution in [0, 0.1) is 0 Å². The number of halogens is 3. The molecule has 0 bridgehead atoms. The average molecular weight is 450 g/mol. The molecule has 1 aliphatic heterocycles. The lowest BCUT2D eigenvalue weighted by atomic mass is 10.0. The van der Waals surface area contributed by atoms with Crippen molar-refractivity contribution in [3.8, 4) is 0 Å². The predicted octanol–water partition coefficient (Wildman–Crippen LogP) is 2.23. The molecule has 32 heavy (non-hydrogen) atoms. The lowest BCUT2D eigenvalue weighted by Crippen LogP contribution is -2.47. The lowest BCUT2D eigenvalue weighted by Gasteiger charge is -2.27. The fourth-order valence-electron chi connectivity index (χ4n) is 3.50. The number of para-hydroxylation sites is 1.